The van der Waals surface area contributed by atoms with Gasteiger partial charge in [0.2, 0.25) is 0 Å². The van der Waals surface area contributed by atoms with Crippen LogP contribution in [-0.2, 0) is 13.2 Å². The fourth-order valence-corrected chi connectivity index (χ4v) is 3.30. The molecule has 0 atom stereocenters. The Morgan fingerprint density at radius 2 is 1.48 bits per heavy atom. The molecule has 0 aromatic carbocycles. The molecule has 0 N–H and O–H groups in total. The zero-order valence-electron chi connectivity index (χ0n) is 14.9. The molecule has 0 spiro atoms. The SMILES string of the molecule is Cn1c(Sc2cc(C(F)(F)F)nc(-c3ccncc3)n2)nnc1-c1ccncc1. The third kappa shape index (κ3) is 4.09. The number of aromatic nitrogens is 7. The molecule has 0 aliphatic heterocycles. The first-order valence-electron chi connectivity index (χ1n) is 8.26. The minimum absolute atomic E-state index is 0.0405. The summed E-state index contributed by atoms with van der Waals surface area (Å²) in [7, 11) is 1.73. The molecular weight excluding hydrogens is 403 g/mol. The van der Waals surface area contributed by atoms with E-state index in [2.05, 4.69) is 30.1 Å². The fourth-order valence-electron chi connectivity index (χ4n) is 2.50. The van der Waals surface area contributed by atoms with Gasteiger partial charge in [0.15, 0.2) is 16.8 Å². The molecule has 0 unspecified atom stereocenters. The Labute approximate surface area is 167 Å². The highest BCUT2D eigenvalue weighted by Crippen LogP contribution is 2.34. The number of nitrogens with zero attached hydrogens (tertiary/aromatic N) is 7. The summed E-state index contributed by atoms with van der Waals surface area (Å²) in [5, 5.41) is 8.71. The Balaban J connectivity index is 1.73. The van der Waals surface area contributed by atoms with Gasteiger partial charge in [0, 0.05) is 49.0 Å². The van der Waals surface area contributed by atoms with E-state index in [4.69, 9.17) is 0 Å². The standard InChI is InChI=1S/C18H12F3N7S/c1-28-16(12-4-8-23-9-5-12)26-27-17(28)29-14-10-13(18(19,20)21)24-15(25-14)11-2-6-22-7-3-11/h2-10H,1H3. The Hall–Kier alpha value is -3.34. The quantitative estimate of drug-likeness (QED) is 0.468. The summed E-state index contributed by atoms with van der Waals surface area (Å²) >= 11 is 0.976. The summed E-state index contributed by atoms with van der Waals surface area (Å²) in [4.78, 5) is 15.8. The van der Waals surface area contributed by atoms with Crippen LogP contribution in [0.5, 0.6) is 0 Å². The second-order valence-corrected chi connectivity index (χ2v) is 6.84. The van der Waals surface area contributed by atoms with Gasteiger partial charge in [0.25, 0.3) is 0 Å². The molecule has 11 heteroatoms. The van der Waals surface area contributed by atoms with Crippen LogP contribution >= 0.6 is 11.8 Å². The van der Waals surface area contributed by atoms with Gasteiger partial charge in [-0.2, -0.15) is 13.2 Å². The third-order valence-corrected chi connectivity index (χ3v) is 4.86. The predicted molar refractivity (Wildman–Crippen MR) is 98.6 cm³/mol. The lowest BCUT2D eigenvalue weighted by Gasteiger charge is -2.10. The first kappa shape index (κ1) is 19.0. The van der Waals surface area contributed by atoms with Crippen LogP contribution in [0.15, 0.2) is 65.3 Å². The van der Waals surface area contributed by atoms with Crippen LogP contribution < -0.4 is 0 Å². The van der Waals surface area contributed by atoms with E-state index >= 15 is 0 Å². The van der Waals surface area contributed by atoms with Crippen molar-refractivity contribution < 1.29 is 13.2 Å². The second kappa shape index (κ2) is 7.59. The van der Waals surface area contributed by atoms with Gasteiger partial charge in [-0.25, -0.2) is 9.97 Å². The van der Waals surface area contributed by atoms with Gasteiger partial charge in [-0.3, -0.25) is 9.97 Å². The minimum atomic E-state index is -4.61. The highest BCUT2D eigenvalue weighted by molar-refractivity contribution is 7.99. The van der Waals surface area contributed by atoms with Crippen molar-refractivity contribution >= 4 is 11.8 Å². The van der Waals surface area contributed by atoms with Crippen molar-refractivity contribution in [2.75, 3.05) is 0 Å². The van der Waals surface area contributed by atoms with Crippen LogP contribution in [0.25, 0.3) is 22.8 Å². The molecule has 4 heterocycles. The Kier molecular flexibility index (Phi) is 4.97. The van der Waals surface area contributed by atoms with Crippen molar-refractivity contribution in [2.45, 2.75) is 16.4 Å². The molecule has 0 saturated carbocycles. The smallest absolute Gasteiger partial charge is 0.305 e. The Morgan fingerprint density at radius 1 is 0.862 bits per heavy atom. The molecule has 4 aromatic rings. The van der Waals surface area contributed by atoms with E-state index in [1.165, 1.54) is 12.4 Å². The summed E-state index contributed by atoms with van der Waals surface area (Å²) in [6, 6.07) is 7.54. The van der Waals surface area contributed by atoms with Crippen LogP contribution in [0, 0.1) is 0 Å². The van der Waals surface area contributed by atoms with E-state index in [1.807, 2.05) is 0 Å². The first-order chi connectivity index (χ1) is 13.9. The predicted octanol–water partition coefficient (Wildman–Crippen LogP) is 3.90. The molecule has 4 aromatic heterocycles. The molecule has 0 amide bonds. The highest BCUT2D eigenvalue weighted by Gasteiger charge is 2.34. The number of hydrogen-bond donors (Lipinski definition) is 0. The highest BCUT2D eigenvalue weighted by atomic mass is 32.2. The molecule has 4 rings (SSSR count). The van der Waals surface area contributed by atoms with Crippen LogP contribution in [0.4, 0.5) is 13.2 Å². The van der Waals surface area contributed by atoms with E-state index < -0.39 is 11.9 Å². The summed E-state index contributed by atoms with van der Waals surface area (Å²) < 4.78 is 41.8. The molecule has 0 saturated heterocycles. The topological polar surface area (TPSA) is 82.3 Å². The van der Waals surface area contributed by atoms with E-state index in [0.717, 1.165) is 23.4 Å². The third-order valence-electron chi connectivity index (χ3n) is 3.90. The zero-order valence-corrected chi connectivity index (χ0v) is 15.7. The minimum Gasteiger partial charge on any atom is -0.305 e. The van der Waals surface area contributed by atoms with Crippen molar-refractivity contribution in [2.24, 2.45) is 7.05 Å². The van der Waals surface area contributed by atoms with Gasteiger partial charge in [-0.1, -0.05) is 0 Å². The summed E-state index contributed by atoms with van der Waals surface area (Å²) in [5.41, 5.74) is 0.194. The molecular formula is C18H12F3N7S. The first-order valence-corrected chi connectivity index (χ1v) is 9.08. The van der Waals surface area contributed by atoms with Gasteiger partial charge in [-0.05, 0) is 36.0 Å². The molecule has 0 bridgehead atoms. The molecule has 146 valence electrons. The van der Waals surface area contributed by atoms with Crippen molar-refractivity contribution in [3.8, 4) is 22.8 Å². The molecule has 29 heavy (non-hydrogen) atoms. The summed E-state index contributed by atoms with van der Waals surface area (Å²) in [5.74, 6) is 0.524. The average molecular weight is 415 g/mol. The van der Waals surface area contributed by atoms with Crippen molar-refractivity contribution in [1.82, 2.24) is 34.7 Å². The summed E-state index contributed by atoms with van der Waals surface area (Å²) in [6.07, 6.45) is 1.57. The monoisotopic (exact) mass is 415 g/mol. The van der Waals surface area contributed by atoms with Gasteiger partial charge < -0.3 is 4.57 Å². The molecule has 0 radical (unpaired) electrons. The van der Waals surface area contributed by atoms with Gasteiger partial charge in [-0.15, -0.1) is 10.2 Å². The van der Waals surface area contributed by atoms with Crippen LogP contribution in [-0.4, -0.2) is 34.7 Å². The normalized spacial score (nSPS) is 11.6. The number of hydrogen-bond acceptors (Lipinski definition) is 7. The maximum absolute atomic E-state index is 13.4. The summed E-state index contributed by atoms with van der Waals surface area (Å²) in [6.45, 7) is 0. The molecule has 0 aliphatic carbocycles. The molecule has 0 aliphatic rings. The fraction of sp³-hybridized carbons (Fsp3) is 0.111. The number of rotatable bonds is 4. The van der Waals surface area contributed by atoms with Gasteiger partial charge in [0.05, 0.1) is 0 Å². The van der Waals surface area contributed by atoms with Crippen LogP contribution in [0.2, 0.25) is 0 Å². The largest absolute Gasteiger partial charge is 0.433 e. The van der Waals surface area contributed by atoms with Crippen LogP contribution in [0.1, 0.15) is 5.69 Å². The molecule has 7 nitrogen and oxygen atoms in total. The lowest BCUT2D eigenvalue weighted by molar-refractivity contribution is -0.141. The maximum Gasteiger partial charge on any atom is 0.433 e. The molecule has 0 fully saturated rings. The number of halogens is 3. The zero-order chi connectivity index (χ0) is 20.4. The van der Waals surface area contributed by atoms with Crippen molar-refractivity contribution in [3.63, 3.8) is 0 Å². The van der Waals surface area contributed by atoms with Gasteiger partial charge >= 0.3 is 6.18 Å². The van der Waals surface area contributed by atoms with Crippen molar-refractivity contribution in [1.29, 1.82) is 0 Å². The number of alkyl halides is 3. The lowest BCUT2D eigenvalue weighted by atomic mass is 10.2. The van der Waals surface area contributed by atoms with E-state index in [9.17, 15) is 13.2 Å². The van der Waals surface area contributed by atoms with E-state index in [0.29, 0.717) is 16.5 Å². The average Bonchev–Trinajstić information content (AvgIpc) is 3.08. The van der Waals surface area contributed by atoms with E-state index in [1.54, 1.807) is 48.3 Å². The Bertz CT molecular complexity index is 1130. The van der Waals surface area contributed by atoms with Crippen molar-refractivity contribution in [3.05, 3.63) is 60.8 Å². The van der Waals surface area contributed by atoms with Gasteiger partial charge in [0.1, 0.15) is 10.7 Å². The van der Waals surface area contributed by atoms with Crippen LogP contribution in [0.3, 0.4) is 0 Å². The Morgan fingerprint density at radius 3 is 2.10 bits per heavy atom. The second-order valence-electron chi connectivity index (χ2n) is 5.85. The van der Waals surface area contributed by atoms with E-state index in [-0.39, 0.29) is 10.9 Å². The lowest BCUT2D eigenvalue weighted by Crippen LogP contribution is -2.10. The maximum atomic E-state index is 13.4. The number of pyridine rings is 2.